The summed E-state index contributed by atoms with van der Waals surface area (Å²) in [7, 11) is 0. The molecule has 1 aliphatic rings. The molecule has 0 radical (unpaired) electrons. The van der Waals surface area contributed by atoms with Crippen LogP contribution in [0.15, 0.2) is 56.4 Å². The Hall–Kier alpha value is -2.94. The fourth-order valence-corrected chi connectivity index (χ4v) is 4.48. The minimum absolute atomic E-state index is 0. The normalized spacial score (nSPS) is 15.0. The number of rotatable bonds is 7. The predicted octanol–water partition coefficient (Wildman–Crippen LogP) is 4.64. The average Bonchev–Trinajstić information content (AvgIpc) is 3.25. The number of halogens is 2. The van der Waals surface area contributed by atoms with Crippen molar-refractivity contribution in [2.45, 2.75) is 31.8 Å². The highest BCUT2D eigenvalue weighted by Crippen LogP contribution is 2.32. The molecule has 5 rings (SSSR count). The molecular weight excluding hydrogens is 463 g/mol. The van der Waals surface area contributed by atoms with Gasteiger partial charge in [0.05, 0.1) is 29.9 Å². The molecule has 180 valence electrons. The summed E-state index contributed by atoms with van der Waals surface area (Å²) in [6.07, 6.45) is 4.14. The molecule has 34 heavy (non-hydrogen) atoms. The zero-order chi connectivity index (χ0) is 22.8. The third kappa shape index (κ3) is 4.94. The van der Waals surface area contributed by atoms with Gasteiger partial charge >= 0.3 is 0 Å². The maximum absolute atomic E-state index is 13.4. The monoisotopic (exact) mass is 488 g/mol. The molecule has 0 spiro atoms. The highest BCUT2D eigenvalue weighted by Gasteiger charge is 2.25. The number of aliphatic hydroxyl groups excluding tert-OH is 1. The van der Waals surface area contributed by atoms with Gasteiger partial charge in [0.15, 0.2) is 11.0 Å². The van der Waals surface area contributed by atoms with Gasteiger partial charge in [-0.3, -0.25) is 4.79 Å². The van der Waals surface area contributed by atoms with Crippen molar-refractivity contribution in [1.82, 2.24) is 10.1 Å². The Bertz CT molecular complexity index is 1330. The summed E-state index contributed by atoms with van der Waals surface area (Å²) >= 11 is 0. The van der Waals surface area contributed by atoms with Crippen LogP contribution in [-0.2, 0) is 6.61 Å². The van der Waals surface area contributed by atoms with Crippen molar-refractivity contribution >= 4 is 34.3 Å². The van der Waals surface area contributed by atoms with Gasteiger partial charge < -0.3 is 23.7 Å². The van der Waals surface area contributed by atoms with E-state index in [1.807, 2.05) is 0 Å². The number of piperidine rings is 1. The molecular formula is C25H26ClFN2O5. The van der Waals surface area contributed by atoms with Crippen molar-refractivity contribution in [3.8, 4) is 5.75 Å². The van der Waals surface area contributed by atoms with Crippen LogP contribution in [0.5, 0.6) is 5.75 Å². The highest BCUT2D eigenvalue weighted by molar-refractivity contribution is 5.85. The molecule has 3 heterocycles. The lowest BCUT2D eigenvalue weighted by atomic mass is 9.91. The first-order valence-electron chi connectivity index (χ1n) is 11.2. The number of nitrogens with zero attached hydrogens (tertiary/aromatic N) is 2. The Morgan fingerprint density at radius 1 is 1.12 bits per heavy atom. The first-order valence-corrected chi connectivity index (χ1v) is 11.2. The summed E-state index contributed by atoms with van der Waals surface area (Å²) in [5, 5.41) is 14.7. The smallest absolute Gasteiger partial charge is 0.198 e. The topological polar surface area (TPSA) is 88.9 Å². The van der Waals surface area contributed by atoms with E-state index in [1.54, 1.807) is 24.3 Å². The van der Waals surface area contributed by atoms with Gasteiger partial charge in [0, 0.05) is 30.0 Å². The van der Waals surface area contributed by atoms with Crippen LogP contribution in [0, 0.1) is 5.82 Å². The van der Waals surface area contributed by atoms with Gasteiger partial charge in [0.2, 0.25) is 0 Å². The van der Waals surface area contributed by atoms with E-state index >= 15 is 0 Å². The maximum Gasteiger partial charge on any atom is 0.198 e. The number of aliphatic hydroxyl groups is 1. The number of benzene rings is 2. The molecule has 9 heteroatoms. The lowest BCUT2D eigenvalue weighted by Crippen LogP contribution is -2.34. The fraction of sp³-hybridized carbons (Fsp3) is 0.360. The van der Waals surface area contributed by atoms with Crippen LogP contribution in [0.25, 0.3) is 21.9 Å². The Kier molecular flexibility index (Phi) is 7.50. The van der Waals surface area contributed by atoms with E-state index in [2.05, 4.69) is 10.1 Å². The standard InChI is InChI=1S/C25H25FN2O5.ClH/c26-18-2-4-20-23(12-18)33-27-24(20)16-6-9-28(10-7-16)8-1-11-31-19-3-5-21-22(13-19)32-15-17(14-29)25(21)30;/h2-5,12-13,15-16,29H,1,6-11,14H2;1H. The quantitative estimate of drug-likeness (QED) is 0.379. The van der Waals surface area contributed by atoms with Crippen LogP contribution >= 0.6 is 12.4 Å². The Balaban J connectivity index is 0.00000274. The molecule has 7 nitrogen and oxygen atoms in total. The van der Waals surface area contributed by atoms with Crippen molar-refractivity contribution in [3.63, 3.8) is 0 Å². The van der Waals surface area contributed by atoms with E-state index in [-0.39, 0.29) is 35.8 Å². The third-order valence-corrected chi connectivity index (χ3v) is 6.31. The van der Waals surface area contributed by atoms with Gasteiger partial charge in [-0.1, -0.05) is 5.16 Å². The second-order valence-corrected chi connectivity index (χ2v) is 8.43. The molecule has 0 amide bonds. The summed E-state index contributed by atoms with van der Waals surface area (Å²) in [5.74, 6) is 0.657. The lowest BCUT2D eigenvalue weighted by molar-refractivity contribution is 0.191. The molecule has 2 aromatic carbocycles. The number of likely N-dealkylation sites (tertiary alicyclic amines) is 1. The summed E-state index contributed by atoms with van der Waals surface area (Å²) in [6.45, 7) is 3.08. The van der Waals surface area contributed by atoms with Crippen molar-refractivity contribution < 1.29 is 23.2 Å². The SMILES string of the molecule is Cl.O=c1c(CO)coc2cc(OCCCN3CCC(c4noc5cc(F)ccc45)CC3)ccc12. The van der Waals surface area contributed by atoms with Crippen LogP contribution in [0.4, 0.5) is 4.39 Å². The van der Waals surface area contributed by atoms with E-state index in [9.17, 15) is 14.3 Å². The van der Waals surface area contributed by atoms with Gasteiger partial charge in [-0.25, -0.2) is 4.39 Å². The summed E-state index contributed by atoms with van der Waals surface area (Å²) in [6, 6.07) is 9.72. The predicted molar refractivity (Wildman–Crippen MR) is 128 cm³/mol. The van der Waals surface area contributed by atoms with E-state index in [1.165, 1.54) is 18.4 Å². The molecule has 4 aromatic rings. The van der Waals surface area contributed by atoms with Crippen molar-refractivity contribution in [2.24, 2.45) is 0 Å². The van der Waals surface area contributed by atoms with Crippen LogP contribution in [0.1, 0.15) is 36.4 Å². The minimum Gasteiger partial charge on any atom is -0.493 e. The average molecular weight is 489 g/mol. The molecule has 1 aliphatic heterocycles. The van der Waals surface area contributed by atoms with E-state index in [0.717, 1.165) is 50.0 Å². The minimum atomic E-state index is -0.344. The van der Waals surface area contributed by atoms with Gasteiger partial charge in [-0.2, -0.15) is 0 Å². The van der Waals surface area contributed by atoms with Crippen molar-refractivity contribution in [1.29, 1.82) is 0 Å². The largest absolute Gasteiger partial charge is 0.493 e. The molecule has 2 aromatic heterocycles. The van der Waals surface area contributed by atoms with Crippen molar-refractivity contribution in [2.75, 3.05) is 26.2 Å². The second kappa shape index (κ2) is 10.5. The summed E-state index contributed by atoms with van der Waals surface area (Å²) in [5.41, 5.74) is 1.90. The number of hydrogen-bond donors (Lipinski definition) is 1. The number of ether oxygens (including phenoxy) is 1. The number of aromatic nitrogens is 1. The fourth-order valence-electron chi connectivity index (χ4n) is 4.48. The van der Waals surface area contributed by atoms with E-state index in [0.29, 0.717) is 34.8 Å². The molecule has 0 saturated carbocycles. The molecule has 0 aliphatic carbocycles. The third-order valence-electron chi connectivity index (χ3n) is 6.31. The Labute approximate surface area is 201 Å². The zero-order valence-electron chi connectivity index (χ0n) is 18.5. The summed E-state index contributed by atoms with van der Waals surface area (Å²) < 4.78 is 30.0. The van der Waals surface area contributed by atoms with Crippen LogP contribution in [0.2, 0.25) is 0 Å². The van der Waals surface area contributed by atoms with E-state index < -0.39 is 0 Å². The van der Waals surface area contributed by atoms with Crippen LogP contribution in [-0.4, -0.2) is 41.4 Å². The van der Waals surface area contributed by atoms with Gasteiger partial charge in [-0.15, -0.1) is 12.4 Å². The first-order chi connectivity index (χ1) is 16.1. The molecule has 0 unspecified atom stereocenters. The van der Waals surface area contributed by atoms with Crippen LogP contribution < -0.4 is 10.2 Å². The Morgan fingerprint density at radius 2 is 1.91 bits per heavy atom. The number of fused-ring (bicyclic) bond motifs is 2. The molecule has 1 fully saturated rings. The van der Waals surface area contributed by atoms with Gasteiger partial charge in [0.25, 0.3) is 0 Å². The molecule has 0 bridgehead atoms. The van der Waals surface area contributed by atoms with Gasteiger partial charge in [-0.05, 0) is 56.6 Å². The highest BCUT2D eigenvalue weighted by atomic mass is 35.5. The maximum atomic E-state index is 13.4. The van der Waals surface area contributed by atoms with Crippen LogP contribution in [0.3, 0.4) is 0 Å². The summed E-state index contributed by atoms with van der Waals surface area (Å²) in [4.78, 5) is 14.6. The molecule has 1 N–H and O–H groups in total. The Morgan fingerprint density at radius 3 is 2.71 bits per heavy atom. The molecule has 1 saturated heterocycles. The molecule has 0 atom stereocenters. The lowest BCUT2D eigenvalue weighted by Gasteiger charge is -2.31. The van der Waals surface area contributed by atoms with Gasteiger partial charge in [0.1, 0.15) is 23.4 Å². The van der Waals surface area contributed by atoms with Crippen molar-refractivity contribution in [3.05, 3.63) is 70.0 Å². The second-order valence-electron chi connectivity index (χ2n) is 8.43. The number of hydrogen-bond acceptors (Lipinski definition) is 7. The van der Waals surface area contributed by atoms with E-state index in [4.69, 9.17) is 13.7 Å². The zero-order valence-corrected chi connectivity index (χ0v) is 19.4. The first kappa shape index (κ1) is 24.2.